The number of hydrogen-bond acceptors (Lipinski definition) is 1. The van der Waals surface area contributed by atoms with Gasteiger partial charge in [0, 0.05) is 8.95 Å². The second kappa shape index (κ2) is 6.16. The maximum atomic E-state index is 13.0. The highest BCUT2D eigenvalue weighted by molar-refractivity contribution is 9.11. The van der Waals surface area contributed by atoms with Crippen molar-refractivity contribution in [3.05, 3.63) is 67.9 Å². The number of nitrogens with one attached hydrogen (secondary N) is 1. The van der Waals surface area contributed by atoms with Crippen LogP contribution in [0.4, 0.5) is 4.39 Å². The summed E-state index contributed by atoms with van der Waals surface area (Å²) in [5.41, 5.74) is 3.32. The van der Waals surface area contributed by atoms with E-state index in [4.69, 9.17) is 0 Å². The molecule has 100 valence electrons. The molecule has 1 N–H and O–H groups in total. The lowest BCUT2D eigenvalue weighted by Crippen LogP contribution is -2.18. The SMILES string of the molecule is CNC(c1ccc(F)cc1)c1cc(Br)c(C)cc1Br. The van der Waals surface area contributed by atoms with E-state index in [0.717, 1.165) is 20.1 Å². The van der Waals surface area contributed by atoms with E-state index in [9.17, 15) is 4.39 Å². The molecule has 0 fully saturated rings. The van der Waals surface area contributed by atoms with E-state index in [1.807, 2.05) is 14.0 Å². The fourth-order valence-corrected chi connectivity index (χ4v) is 3.09. The topological polar surface area (TPSA) is 12.0 Å². The Morgan fingerprint density at radius 2 is 1.68 bits per heavy atom. The van der Waals surface area contributed by atoms with Gasteiger partial charge in [0.1, 0.15) is 5.82 Å². The average molecular weight is 387 g/mol. The lowest BCUT2D eigenvalue weighted by Gasteiger charge is -2.20. The molecule has 0 spiro atoms. The van der Waals surface area contributed by atoms with Gasteiger partial charge in [-0.3, -0.25) is 0 Å². The summed E-state index contributed by atoms with van der Waals surface area (Å²) in [6, 6.07) is 10.8. The Labute approximate surface area is 129 Å². The molecule has 0 amide bonds. The molecule has 1 atom stereocenters. The molecule has 0 heterocycles. The summed E-state index contributed by atoms with van der Waals surface area (Å²) < 4.78 is 15.1. The average Bonchev–Trinajstić information content (AvgIpc) is 2.38. The molecule has 2 aromatic rings. The molecular weight excluding hydrogens is 373 g/mol. The van der Waals surface area contributed by atoms with Crippen LogP contribution in [-0.2, 0) is 0 Å². The van der Waals surface area contributed by atoms with Crippen molar-refractivity contribution in [3.63, 3.8) is 0 Å². The highest BCUT2D eigenvalue weighted by Gasteiger charge is 2.16. The molecule has 0 radical (unpaired) electrons. The van der Waals surface area contributed by atoms with Crippen LogP contribution >= 0.6 is 31.9 Å². The van der Waals surface area contributed by atoms with Gasteiger partial charge < -0.3 is 5.32 Å². The molecule has 0 aliphatic heterocycles. The number of rotatable bonds is 3. The largest absolute Gasteiger partial charge is 0.309 e. The Morgan fingerprint density at radius 3 is 2.26 bits per heavy atom. The third-order valence-electron chi connectivity index (χ3n) is 3.08. The number of aryl methyl sites for hydroxylation is 1. The quantitative estimate of drug-likeness (QED) is 0.785. The van der Waals surface area contributed by atoms with Crippen molar-refractivity contribution in [2.24, 2.45) is 0 Å². The molecule has 0 bridgehead atoms. The van der Waals surface area contributed by atoms with Crippen molar-refractivity contribution in [2.45, 2.75) is 13.0 Å². The van der Waals surface area contributed by atoms with E-state index in [1.165, 1.54) is 17.7 Å². The van der Waals surface area contributed by atoms with Crippen molar-refractivity contribution < 1.29 is 4.39 Å². The normalized spacial score (nSPS) is 12.5. The van der Waals surface area contributed by atoms with E-state index in [2.05, 4.69) is 49.3 Å². The molecule has 2 rings (SSSR count). The van der Waals surface area contributed by atoms with Crippen LogP contribution in [0.2, 0.25) is 0 Å². The van der Waals surface area contributed by atoms with Crippen LogP contribution in [0.3, 0.4) is 0 Å². The lowest BCUT2D eigenvalue weighted by molar-refractivity contribution is 0.623. The van der Waals surface area contributed by atoms with E-state index in [0.29, 0.717) is 0 Å². The van der Waals surface area contributed by atoms with Crippen LogP contribution in [0.15, 0.2) is 45.3 Å². The lowest BCUT2D eigenvalue weighted by atomic mass is 9.98. The van der Waals surface area contributed by atoms with Gasteiger partial charge >= 0.3 is 0 Å². The van der Waals surface area contributed by atoms with Crippen LogP contribution in [0.25, 0.3) is 0 Å². The van der Waals surface area contributed by atoms with Crippen LogP contribution in [-0.4, -0.2) is 7.05 Å². The molecule has 0 aromatic heterocycles. The van der Waals surface area contributed by atoms with Gasteiger partial charge in [-0.05, 0) is 54.9 Å². The van der Waals surface area contributed by atoms with Gasteiger partial charge in [0.15, 0.2) is 0 Å². The van der Waals surface area contributed by atoms with Gasteiger partial charge in [0.05, 0.1) is 6.04 Å². The molecule has 0 saturated heterocycles. The summed E-state index contributed by atoms with van der Waals surface area (Å²) in [6.45, 7) is 2.05. The fourth-order valence-electron chi connectivity index (χ4n) is 2.04. The first-order chi connectivity index (χ1) is 9.02. The Morgan fingerprint density at radius 1 is 1.05 bits per heavy atom. The van der Waals surface area contributed by atoms with Crippen LogP contribution in [0.1, 0.15) is 22.7 Å². The van der Waals surface area contributed by atoms with Gasteiger partial charge in [0.2, 0.25) is 0 Å². The summed E-state index contributed by atoms with van der Waals surface area (Å²) in [7, 11) is 1.90. The van der Waals surface area contributed by atoms with Gasteiger partial charge in [0.25, 0.3) is 0 Å². The Bertz CT molecular complexity index is 581. The van der Waals surface area contributed by atoms with Crippen LogP contribution in [0, 0.1) is 12.7 Å². The number of hydrogen-bond donors (Lipinski definition) is 1. The molecular formula is C15H14Br2FN. The summed E-state index contributed by atoms with van der Waals surface area (Å²) >= 11 is 7.15. The Balaban J connectivity index is 2.47. The van der Waals surface area contributed by atoms with Gasteiger partial charge in [-0.2, -0.15) is 0 Å². The zero-order valence-electron chi connectivity index (χ0n) is 10.7. The van der Waals surface area contributed by atoms with Gasteiger partial charge in [-0.15, -0.1) is 0 Å². The van der Waals surface area contributed by atoms with E-state index in [-0.39, 0.29) is 11.9 Å². The second-order valence-electron chi connectivity index (χ2n) is 4.40. The zero-order valence-corrected chi connectivity index (χ0v) is 13.8. The minimum absolute atomic E-state index is 0.0203. The van der Waals surface area contributed by atoms with E-state index >= 15 is 0 Å². The summed E-state index contributed by atoms with van der Waals surface area (Å²) in [4.78, 5) is 0. The fraction of sp³-hybridized carbons (Fsp3) is 0.200. The van der Waals surface area contributed by atoms with E-state index < -0.39 is 0 Å². The van der Waals surface area contributed by atoms with Crippen molar-refractivity contribution in [1.82, 2.24) is 5.32 Å². The molecule has 1 unspecified atom stereocenters. The number of halogens is 3. The first-order valence-electron chi connectivity index (χ1n) is 5.91. The van der Waals surface area contributed by atoms with Gasteiger partial charge in [-0.25, -0.2) is 4.39 Å². The summed E-state index contributed by atoms with van der Waals surface area (Å²) in [5, 5.41) is 3.27. The summed E-state index contributed by atoms with van der Waals surface area (Å²) in [6.07, 6.45) is 0. The molecule has 19 heavy (non-hydrogen) atoms. The van der Waals surface area contributed by atoms with Crippen molar-refractivity contribution in [2.75, 3.05) is 7.05 Å². The van der Waals surface area contributed by atoms with Crippen molar-refractivity contribution in [1.29, 1.82) is 0 Å². The first kappa shape index (κ1) is 14.7. The monoisotopic (exact) mass is 385 g/mol. The van der Waals surface area contributed by atoms with Crippen LogP contribution in [0.5, 0.6) is 0 Å². The molecule has 2 aromatic carbocycles. The van der Waals surface area contributed by atoms with Crippen molar-refractivity contribution >= 4 is 31.9 Å². The Hall–Kier alpha value is -0.710. The minimum atomic E-state index is -0.220. The van der Waals surface area contributed by atoms with Crippen molar-refractivity contribution in [3.8, 4) is 0 Å². The Kier molecular flexibility index (Phi) is 4.76. The maximum Gasteiger partial charge on any atom is 0.123 e. The maximum absolute atomic E-state index is 13.0. The molecule has 4 heteroatoms. The molecule has 0 saturated carbocycles. The smallest absolute Gasteiger partial charge is 0.123 e. The summed E-state index contributed by atoms with van der Waals surface area (Å²) in [5.74, 6) is -0.220. The second-order valence-corrected chi connectivity index (χ2v) is 6.10. The highest BCUT2D eigenvalue weighted by atomic mass is 79.9. The molecule has 0 aliphatic rings. The predicted molar refractivity (Wildman–Crippen MR) is 83.9 cm³/mol. The van der Waals surface area contributed by atoms with Crippen LogP contribution < -0.4 is 5.32 Å². The molecule has 1 nitrogen and oxygen atoms in total. The third-order valence-corrected chi connectivity index (χ3v) is 4.62. The number of benzene rings is 2. The molecule has 0 aliphatic carbocycles. The third kappa shape index (κ3) is 3.25. The van der Waals surface area contributed by atoms with Gasteiger partial charge in [-0.1, -0.05) is 44.0 Å². The minimum Gasteiger partial charge on any atom is -0.309 e. The predicted octanol–water partition coefficient (Wildman–Crippen LogP) is 4.97. The standard InChI is InChI=1S/C15H14Br2FN/c1-9-7-14(17)12(8-13(9)16)15(19-2)10-3-5-11(18)6-4-10/h3-8,15,19H,1-2H3. The highest BCUT2D eigenvalue weighted by Crippen LogP contribution is 2.32. The first-order valence-corrected chi connectivity index (χ1v) is 7.50. The zero-order chi connectivity index (χ0) is 14.0. The van der Waals surface area contributed by atoms with E-state index in [1.54, 1.807) is 12.1 Å².